The van der Waals surface area contributed by atoms with Gasteiger partial charge in [-0.2, -0.15) is 15.3 Å². The molecule has 0 spiro atoms. The van der Waals surface area contributed by atoms with Gasteiger partial charge in [0.2, 0.25) is 0 Å². The number of rotatable bonds is 8. The predicted octanol–water partition coefficient (Wildman–Crippen LogP) is 3.19. The average molecular weight is 671 g/mol. The van der Waals surface area contributed by atoms with Gasteiger partial charge in [0.05, 0.1) is 18.1 Å². The summed E-state index contributed by atoms with van der Waals surface area (Å²) in [4.78, 5) is 37.7. The topological polar surface area (TPSA) is 163 Å². The predicted molar refractivity (Wildman–Crippen MR) is 155 cm³/mol. The maximum Gasteiger partial charge on any atom is 0.351 e. The fourth-order valence-corrected chi connectivity index (χ4v) is 4.20. The van der Waals surface area contributed by atoms with Gasteiger partial charge in [-0.05, 0) is 67.6 Å². The van der Waals surface area contributed by atoms with Crippen LogP contribution in [-0.2, 0) is 11.3 Å². The molecule has 204 valence electrons. The Morgan fingerprint density at radius 2 is 1.45 bits per heavy atom. The maximum absolute atomic E-state index is 12.9. The summed E-state index contributed by atoms with van der Waals surface area (Å²) in [5.74, 6) is -0.770. The highest BCUT2D eigenvalue weighted by molar-refractivity contribution is 9.10. The molecular weight excluding hydrogens is 650 g/mol. The van der Waals surface area contributed by atoms with E-state index in [2.05, 4.69) is 58.0 Å². The van der Waals surface area contributed by atoms with Crippen LogP contribution in [-0.4, -0.2) is 48.8 Å². The van der Waals surface area contributed by atoms with Crippen molar-refractivity contribution in [2.75, 3.05) is 0 Å². The van der Waals surface area contributed by atoms with Crippen molar-refractivity contribution in [3.63, 3.8) is 0 Å². The summed E-state index contributed by atoms with van der Waals surface area (Å²) >= 11 is 6.49. The Kier molecular flexibility index (Phi) is 8.91. The number of nitrogens with zero attached hydrogens (tertiary/aromatic N) is 5. The average Bonchev–Trinajstić information content (AvgIpc) is 3.18. The Balaban J connectivity index is 1.39. The van der Waals surface area contributed by atoms with Crippen LogP contribution >= 0.6 is 31.9 Å². The molecule has 4 aromatic rings. The summed E-state index contributed by atoms with van der Waals surface area (Å²) in [5, 5.41) is 31.6. The van der Waals surface area contributed by atoms with E-state index >= 15 is 0 Å². The number of aryl methyl sites for hydroxylation is 1. The van der Waals surface area contributed by atoms with E-state index < -0.39 is 17.5 Å². The molecule has 0 aliphatic rings. The summed E-state index contributed by atoms with van der Waals surface area (Å²) in [6.45, 7) is 1.22. The molecule has 0 fully saturated rings. The van der Waals surface area contributed by atoms with Crippen LogP contribution < -0.4 is 16.5 Å². The lowest BCUT2D eigenvalue weighted by atomic mass is 10.2. The third-order valence-corrected chi connectivity index (χ3v) is 6.42. The molecule has 4 rings (SSSR count). The zero-order chi connectivity index (χ0) is 28.8. The first kappa shape index (κ1) is 28.4. The van der Waals surface area contributed by atoms with Crippen molar-refractivity contribution in [3.8, 4) is 17.2 Å². The summed E-state index contributed by atoms with van der Waals surface area (Å²) in [7, 11) is 0. The number of phenols is 2. The number of amides is 2. The number of carbonyl (C=O) groups excluding carboxylic acids is 2. The highest BCUT2D eigenvalue weighted by atomic mass is 79.9. The van der Waals surface area contributed by atoms with Crippen LogP contribution in [0.3, 0.4) is 0 Å². The number of halogens is 2. The number of aromatic nitrogens is 3. The van der Waals surface area contributed by atoms with Gasteiger partial charge in [0.15, 0.2) is 0 Å². The van der Waals surface area contributed by atoms with Gasteiger partial charge in [-0.15, -0.1) is 0 Å². The number of hydrogen-bond acceptors (Lipinski definition) is 8. The van der Waals surface area contributed by atoms with Crippen LogP contribution in [0.5, 0.6) is 11.5 Å². The molecule has 0 aliphatic carbocycles. The summed E-state index contributed by atoms with van der Waals surface area (Å²) in [6, 6.07) is 15.8. The molecule has 4 N–H and O–H groups in total. The first-order valence-electron chi connectivity index (χ1n) is 11.5. The molecule has 1 aromatic heterocycles. The number of hydrazone groups is 2. The molecular formula is C26H21Br2N7O5. The largest absolute Gasteiger partial charge is 0.507 e. The van der Waals surface area contributed by atoms with Crippen molar-refractivity contribution in [3.05, 3.63) is 103 Å². The van der Waals surface area contributed by atoms with E-state index in [0.29, 0.717) is 31.6 Å². The third kappa shape index (κ3) is 6.90. The van der Waals surface area contributed by atoms with E-state index in [1.165, 1.54) is 41.3 Å². The van der Waals surface area contributed by atoms with Gasteiger partial charge in [0.25, 0.3) is 11.8 Å². The van der Waals surface area contributed by atoms with Crippen LogP contribution in [0.4, 0.5) is 0 Å². The lowest BCUT2D eigenvalue weighted by molar-refractivity contribution is -0.121. The van der Waals surface area contributed by atoms with Crippen LogP contribution in [0.2, 0.25) is 0 Å². The Morgan fingerprint density at radius 1 is 0.900 bits per heavy atom. The smallest absolute Gasteiger partial charge is 0.351 e. The third-order valence-electron chi connectivity index (χ3n) is 5.43. The molecule has 0 saturated carbocycles. The second kappa shape index (κ2) is 12.5. The number of aromatic hydroxyl groups is 2. The first-order valence-corrected chi connectivity index (χ1v) is 13.1. The van der Waals surface area contributed by atoms with E-state index in [1.807, 2.05) is 0 Å². The van der Waals surface area contributed by atoms with Gasteiger partial charge in [0, 0.05) is 25.6 Å². The summed E-state index contributed by atoms with van der Waals surface area (Å²) < 4.78 is 3.69. The number of hydrogen-bond donors (Lipinski definition) is 4. The van der Waals surface area contributed by atoms with Crippen LogP contribution in [0.1, 0.15) is 27.3 Å². The van der Waals surface area contributed by atoms with Crippen LogP contribution in [0.15, 0.2) is 84.6 Å². The van der Waals surface area contributed by atoms with E-state index in [1.54, 1.807) is 43.3 Å². The lowest BCUT2D eigenvalue weighted by Crippen LogP contribution is -2.31. The monoisotopic (exact) mass is 669 g/mol. The molecule has 0 bridgehead atoms. The quantitative estimate of drug-likeness (QED) is 0.166. The molecule has 0 atom stereocenters. The van der Waals surface area contributed by atoms with Crippen molar-refractivity contribution in [2.24, 2.45) is 10.2 Å². The number of nitrogens with one attached hydrogen (secondary N) is 2. The molecule has 3 aromatic carbocycles. The Morgan fingerprint density at radius 3 is 2.00 bits per heavy atom. The van der Waals surface area contributed by atoms with E-state index in [9.17, 15) is 24.6 Å². The highest BCUT2D eigenvalue weighted by Gasteiger charge is 2.15. The highest BCUT2D eigenvalue weighted by Crippen LogP contribution is 2.21. The SMILES string of the molecule is Cc1nn(CC(=O)N/N=C/c2ccc(Br)cc2O)c(=O)n1-c1ccc(C(=O)N/N=C/c2ccc(Br)cc2O)cc1. The van der Waals surface area contributed by atoms with Gasteiger partial charge in [-0.1, -0.05) is 31.9 Å². The van der Waals surface area contributed by atoms with Crippen molar-refractivity contribution >= 4 is 56.1 Å². The van der Waals surface area contributed by atoms with Gasteiger partial charge >= 0.3 is 5.69 Å². The molecule has 0 saturated heterocycles. The maximum atomic E-state index is 12.9. The van der Waals surface area contributed by atoms with Crippen molar-refractivity contribution < 1.29 is 19.8 Å². The van der Waals surface area contributed by atoms with E-state index in [4.69, 9.17) is 0 Å². The zero-order valence-electron chi connectivity index (χ0n) is 20.7. The number of benzene rings is 3. The zero-order valence-corrected chi connectivity index (χ0v) is 23.9. The second-order valence-corrected chi connectivity index (χ2v) is 10.1. The first-order chi connectivity index (χ1) is 19.1. The lowest BCUT2D eigenvalue weighted by Gasteiger charge is -2.05. The van der Waals surface area contributed by atoms with E-state index in [-0.39, 0.29) is 23.6 Å². The molecule has 14 heteroatoms. The molecule has 40 heavy (non-hydrogen) atoms. The molecule has 1 heterocycles. The molecule has 0 radical (unpaired) electrons. The van der Waals surface area contributed by atoms with Crippen molar-refractivity contribution in [2.45, 2.75) is 13.5 Å². The Labute approximate surface area is 243 Å². The minimum Gasteiger partial charge on any atom is -0.507 e. The minimum absolute atomic E-state index is 0.00398. The molecule has 0 unspecified atom stereocenters. The minimum atomic E-state index is -0.594. The normalized spacial score (nSPS) is 11.3. The summed E-state index contributed by atoms with van der Waals surface area (Å²) in [6.07, 6.45) is 2.59. The number of carbonyl (C=O) groups is 2. The second-order valence-electron chi connectivity index (χ2n) is 8.27. The van der Waals surface area contributed by atoms with Gasteiger partial charge in [-0.25, -0.2) is 24.9 Å². The Bertz CT molecular complexity index is 1690. The van der Waals surface area contributed by atoms with Crippen molar-refractivity contribution in [1.82, 2.24) is 25.2 Å². The van der Waals surface area contributed by atoms with Gasteiger partial charge in [-0.3, -0.25) is 9.59 Å². The van der Waals surface area contributed by atoms with E-state index in [0.717, 1.165) is 4.68 Å². The van der Waals surface area contributed by atoms with Gasteiger partial charge < -0.3 is 10.2 Å². The van der Waals surface area contributed by atoms with Crippen LogP contribution in [0.25, 0.3) is 5.69 Å². The summed E-state index contributed by atoms with van der Waals surface area (Å²) in [5.41, 5.74) is 5.67. The number of phenolic OH excluding ortho intramolecular Hbond substituents is 2. The van der Waals surface area contributed by atoms with Crippen molar-refractivity contribution in [1.29, 1.82) is 0 Å². The fraction of sp³-hybridized carbons (Fsp3) is 0.0769. The van der Waals surface area contributed by atoms with Gasteiger partial charge in [0.1, 0.15) is 23.9 Å². The molecule has 12 nitrogen and oxygen atoms in total. The molecule has 0 aliphatic heterocycles. The van der Waals surface area contributed by atoms with Crippen LogP contribution in [0, 0.1) is 6.92 Å². The fourth-order valence-electron chi connectivity index (χ4n) is 3.50. The molecule has 2 amide bonds. The standard InChI is InChI=1S/C26H21Br2N7O5/c1-15-33-34(14-24(38)31-29-12-17-2-6-19(27)10-22(17)36)26(40)35(15)21-8-4-16(5-9-21)25(39)32-30-13-18-3-7-20(28)11-23(18)37/h2-13,36-37H,14H2,1H3,(H,31,38)(H,32,39)/b29-12+,30-13+. The Hall–Kier alpha value is -4.56.